The van der Waals surface area contributed by atoms with E-state index in [0.717, 1.165) is 33.4 Å². The number of nitrogens with two attached hydrogens (primary N) is 1. The van der Waals surface area contributed by atoms with E-state index < -0.39 is 5.60 Å². The number of aromatic nitrogens is 6. The summed E-state index contributed by atoms with van der Waals surface area (Å²) in [6.07, 6.45) is 3.73. The van der Waals surface area contributed by atoms with Crippen LogP contribution in [0, 0.1) is 6.92 Å². The number of hydrogen-bond donors (Lipinski definition) is 2. The lowest BCUT2D eigenvalue weighted by atomic mass is 10.0. The molecule has 0 fully saturated rings. The highest BCUT2D eigenvalue weighted by Gasteiger charge is 2.15. The largest absolute Gasteiger partial charge is 0.389 e. The first-order valence-electron chi connectivity index (χ1n) is 9.09. The molecule has 0 unspecified atom stereocenters. The highest BCUT2D eigenvalue weighted by atomic mass is 16.3. The minimum atomic E-state index is -0.815. The molecule has 0 bridgehead atoms. The summed E-state index contributed by atoms with van der Waals surface area (Å²) in [4.78, 5) is 4.46. The third-order valence-corrected chi connectivity index (χ3v) is 4.44. The van der Waals surface area contributed by atoms with E-state index in [1.165, 1.54) is 0 Å². The van der Waals surface area contributed by atoms with Crippen molar-refractivity contribution in [3.05, 3.63) is 54.0 Å². The molecule has 3 heterocycles. The van der Waals surface area contributed by atoms with Gasteiger partial charge in [0, 0.05) is 17.1 Å². The van der Waals surface area contributed by atoms with Crippen LogP contribution >= 0.6 is 0 Å². The number of fused-ring (bicyclic) bond motifs is 1. The summed E-state index contributed by atoms with van der Waals surface area (Å²) < 4.78 is 3.47. The maximum atomic E-state index is 9.92. The molecule has 0 aliphatic carbocycles. The van der Waals surface area contributed by atoms with Crippen molar-refractivity contribution in [1.29, 1.82) is 0 Å². The molecule has 3 N–H and O–H groups in total. The van der Waals surface area contributed by atoms with Gasteiger partial charge in [-0.25, -0.2) is 9.67 Å². The lowest BCUT2D eigenvalue weighted by Crippen LogP contribution is -2.26. The predicted molar refractivity (Wildman–Crippen MR) is 108 cm³/mol. The fourth-order valence-electron chi connectivity index (χ4n) is 3.26. The van der Waals surface area contributed by atoms with Crippen LogP contribution in [0.2, 0.25) is 0 Å². The van der Waals surface area contributed by atoms with Gasteiger partial charge >= 0.3 is 0 Å². The van der Waals surface area contributed by atoms with Gasteiger partial charge in [-0.3, -0.25) is 4.68 Å². The van der Waals surface area contributed by atoms with Crippen LogP contribution in [0.3, 0.4) is 0 Å². The summed E-state index contributed by atoms with van der Waals surface area (Å²) in [5, 5.41) is 24.0. The molecule has 0 aliphatic rings. The van der Waals surface area contributed by atoms with Crippen LogP contribution < -0.4 is 5.73 Å². The maximum absolute atomic E-state index is 9.92. The first-order chi connectivity index (χ1) is 13.3. The number of anilines is 1. The molecule has 4 rings (SSSR count). The summed E-state index contributed by atoms with van der Waals surface area (Å²) in [6.45, 7) is 6.44. The third kappa shape index (κ3) is 3.72. The first kappa shape index (κ1) is 18.1. The van der Waals surface area contributed by atoms with Gasteiger partial charge in [-0.1, -0.05) is 23.4 Å². The Balaban J connectivity index is 1.62. The molecular formula is C20H23N7O. The second kappa shape index (κ2) is 6.72. The van der Waals surface area contributed by atoms with E-state index in [0.29, 0.717) is 18.9 Å². The van der Waals surface area contributed by atoms with E-state index in [4.69, 9.17) is 5.73 Å². The number of nitrogen functional groups attached to an aromatic ring is 1. The van der Waals surface area contributed by atoms with E-state index in [1.54, 1.807) is 23.2 Å². The zero-order valence-corrected chi connectivity index (χ0v) is 16.2. The molecule has 3 aromatic heterocycles. The lowest BCUT2D eigenvalue weighted by molar-refractivity contribution is 0.0576. The van der Waals surface area contributed by atoms with Gasteiger partial charge < -0.3 is 10.8 Å². The van der Waals surface area contributed by atoms with E-state index in [-0.39, 0.29) is 0 Å². The van der Waals surface area contributed by atoms with Gasteiger partial charge in [0.2, 0.25) is 0 Å². The van der Waals surface area contributed by atoms with E-state index in [9.17, 15) is 5.11 Å². The van der Waals surface area contributed by atoms with Gasteiger partial charge in [0.15, 0.2) is 0 Å². The highest BCUT2D eigenvalue weighted by molar-refractivity contribution is 5.96. The number of para-hydroxylation sites is 1. The summed E-state index contributed by atoms with van der Waals surface area (Å²) in [5.41, 5.74) is 9.63. The summed E-state index contributed by atoms with van der Waals surface area (Å²) in [6, 6.07) is 9.77. The molecule has 0 saturated carbocycles. The highest BCUT2D eigenvalue weighted by Crippen LogP contribution is 2.29. The molecule has 0 aliphatic heterocycles. The van der Waals surface area contributed by atoms with Crippen molar-refractivity contribution in [3.63, 3.8) is 0 Å². The Morgan fingerprint density at radius 2 is 2.00 bits per heavy atom. The molecule has 0 spiro atoms. The Labute approximate surface area is 162 Å². The molecule has 0 amide bonds. The summed E-state index contributed by atoms with van der Waals surface area (Å²) >= 11 is 0. The van der Waals surface area contributed by atoms with E-state index >= 15 is 0 Å². The zero-order valence-electron chi connectivity index (χ0n) is 16.2. The van der Waals surface area contributed by atoms with Gasteiger partial charge in [-0.05, 0) is 38.5 Å². The molecular weight excluding hydrogens is 354 g/mol. The number of rotatable bonds is 5. The quantitative estimate of drug-likeness (QED) is 0.553. The Morgan fingerprint density at radius 3 is 2.79 bits per heavy atom. The van der Waals surface area contributed by atoms with Crippen LogP contribution in [0.25, 0.3) is 22.2 Å². The van der Waals surface area contributed by atoms with Crippen LogP contribution in [0.15, 0.2) is 42.7 Å². The third-order valence-electron chi connectivity index (χ3n) is 4.44. The van der Waals surface area contributed by atoms with Crippen molar-refractivity contribution in [2.75, 3.05) is 5.73 Å². The minimum Gasteiger partial charge on any atom is -0.389 e. The average Bonchev–Trinajstić information content (AvgIpc) is 3.24. The molecule has 4 aromatic rings. The van der Waals surface area contributed by atoms with Crippen molar-refractivity contribution >= 4 is 16.7 Å². The molecule has 8 nitrogen and oxygen atoms in total. The molecule has 0 radical (unpaired) electrons. The van der Waals surface area contributed by atoms with Crippen molar-refractivity contribution in [3.8, 4) is 11.3 Å². The Morgan fingerprint density at radius 1 is 1.18 bits per heavy atom. The summed E-state index contributed by atoms with van der Waals surface area (Å²) in [7, 11) is 0. The number of pyridine rings is 1. The molecule has 28 heavy (non-hydrogen) atoms. The predicted octanol–water partition coefficient (Wildman–Crippen LogP) is 2.40. The topological polar surface area (TPSA) is 108 Å². The van der Waals surface area contributed by atoms with Gasteiger partial charge in [0.1, 0.15) is 11.5 Å². The fourth-order valence-corrected chi connectivity index (χ4v) is 3.26. The van der Waals surface area contributed by atoms with Crippen molar-refractivity contribution in [2.45, 2.75) is 39.5 Å². The van der Waals surface area contributed by atoms with Crippen molar-refractivity contribution < 1.29 is 5.11 Å². The normalized spacial score (nSPS) is 12.0. The Bertz CT molecular complexity index is 1140. The van der Waals surface area contributed by atoms with Crippen molar-refractivity contribution in [1.82, 2.24) is 29.8 Å². The van der Waals surface area contributed by atoms with Crippen LogP contribution in [0.1, 0.15) is 25.1 Å². The maximum Gasteiger partial charge on any atom is 0.124 e. The average molecular weight is 377 g/mol. The summed E-state index contributed by atoms with van der Waals surface area (Å²) in [5.74, 6) is 0.455. The van der Waals surface area contributed by atoms with Crippen molar-refractivity contribution in [2.24, 2.45) is 0 Å². The van der Waals surface area contributed by atoms with Crippen LogP contribution in [0.5, 0.6) is 0 Å². The standard InChI is InChI=1S/C20H23N7O/c1-13-5-4-6-15-16(9-18(21)22-19(13)15)17-11-27(25-23-17)10-14-7-8-26(24-14)12-20(2,3)28/h4-9,11,28H,10,12H2,1-3H3,(H2,21,22). The molecule has 8 heteroatoms. The number of aryl methyl sites for hydroxylation is 1. The lowest BCUT2D eigenvalue weighted by Gasteiger charge is -2.16. The van der Waals surface area contributed by atoms with Crippen LogP contribution in [-0.2, 0) is 13.1 Å². The van der Waals surface area contributed by atoms with Gasteiger partial charge in [-0.2, -0.15) is 5.10 Å². The Hall–Kier alpha value is -3.26. The van der Waals surface area contributed by atoms with Crippen LogP contribution in [-0.4, -0.2) is 40.5 Å². The second-order valence-electron chi connectivity index (χ2n) is 7.68. The second-order valence-corrected chi connectivity index (χ2v) is 7.68. The molecule has 1 aromatic carbocycles. The smallest absolute Gasteiger partial charge is 0.124 e. The Kier molecular flexibility index (Phi) is 4.35. The molecule has 0 atom stereocenters. The minimum absolute atomic E-state index is 0.428. The SMILES string of the molecule is Cc1cccc2c(-c3cn(Cc4ccn(CC(C)(C)O)n4)nn3)cc(N)nc12. The number of hydrogen-bond acceptors (Lipinski definition) is 6. The monoisotopic (exact) mass is 377 g/mol. The van der Waals surface area contributed by atoms with E-state index in [2.05, 4.69) is 20.4 Å². The fraction of sp³-hybridized carbons (Fsp3) is 0.300. The van der Waals surface area contributed by atoms with Gasteiger partial charge in [0.25, 0.3) is 0 Å². The number of aliphatic hydroxyl groups is 1. The molecule has 144 valence electrons. The van der Waals surface area contributed by atoms with Gasteiger partial charge in [-0.15, -0.1) is 5.10 Å². The number of benzene rings is 1. The molecule has 0 saturated heterocycles. The first-order valence-corrected chi connectivity index (χ1v) is 9.09. The zero-order chi connectivity index (χ0) is 19.9. The van der Waals surface area contributed by atoms with E-state index in [1.807, 2.05) is 49.6 Å². The number of nitrogens with zero attached hydrogens (tertiary/aromatic N) is 6. The van der Waals surface area contributed by atoms with Gasteiger partial charge in [0.05, 0.1) is 36.1 Å². The van der Waals surface area contributed by atoms with Crippen LogP contribution in [0.4, 0.5) is 5.82 Å².